The largest absolute Gasteiger partial charge is 0.366 e. The number of carbonyl (C=O) groups is 2. The van der Waals surface area contributed by atoms with Gasteiger partial charge < -0.3 is 11.1 Å². The number of hydrogen-bond acceptors (Lipinski definition) is 5. The van der Waals surface area contributed by atoms with Gasteiger partial charge >= 0.3 is 5.69 Å². The van der Waals surface area contributed by atoms with Crippen molar-refractivity contribution in [1.29, 1.82) is 0 Å². The smallest absolute Gasteiger partial charge is 0.330 e. The first-order valence-corrected chi connectivity index (χ1v) is 10.4. The number of pyridine rings is 1. The molecule has 0 fully saturated rings. The van der Waals surface area contributed by atoms with Crippen LogP contribution in [0.3, 0.4) is 0 Å². The number of anilines is 1. The van der Waals surface area contributed by atoms with E-state index < -0.39 is 23.1 Å². The molecule has 9 nitrogen and oxygen atoms in total. The molecule has 0 unspecified atom stereocenters. The third-order valence-electron chi connectivity index (χ3n) is 5.10. The summed E-state index contributed by atoms with van der Waals surface area (Å²) in [6.07, 6.45) is 0. The van der Waals surface area contributed by atoms with Gasteiger partial charge in [0.15, 0.2) is 5.65 Å². The molecule has 2 heterocycles. The van der Waals surface area contributed by atoms with Crippen LogP contribution in [-0.4, -0.2) is 26.3 Å². The van der Waals surface area contributed by atoms with Crippen molar-refractivity contribution in [2.45, 2.75) is 47.1 Å². The molecule has 0 saturated heterocycles. The van der Waals surface area contributed by atoms with E-state index in [1.807, 2.05) is 27.7 Å². The number of primary amides is 1. The van der Waals surface area contributed by atoms with Crippen molar-refractivity contribution in [2.75, 3.05) is 5.32 Å². The normalized spacial score (nSPS) is 11.3. The van der Waals surface area contributed by atoms with Gasteiger partial charge in [0.05, 0.1) is 10.9 Å². The van der Waals surface area contributed by atoms with Gasteiger partial charge in [-0.15, -0.1) is 0 Å². The molecular weight excluding hydrogens is 410 g/mol. The predicted molar refractivity (Wildman–Crippen MR) is 123 cm³/mol. The van der Waals surface area contributed by atoms with Crippen molar-refractivity contribution in [3.8, 4) is 0 Å². The summed E-state index contributed by atoms with van der Waals surface area (Å²) in [4.78, 5) is 56.8. The molecule has 2 amide bonds. The van der Waals surface area contributed by atoms with Crippen LogP contribution in [0.4, 0.5) is 5.69 Å². The second kappa shape index (κ2) is 8.78. The topological polar surface area (TPSA) is 140 Å². The first-order valence-electron chi connectivity index (χ1n) is 10.4. The molecule has 0 aliphatic rings. The minimum Gasteiger partial charge on any atom is -0.366 e. The number of fused-ring (bicyclic) bond motifs is 1. The molecule has 9 heteroatoms. The van der Waals surface area contributed by atoms with Gasteiger partial charge in [-0.3, -0.25) is 23.9 Å². The van der Waals surface area contributed by atoms with Gasteiger partial charge in [-0.2, -0.15) is 0 Å². The van der Waals surface area contributed by atoms with Gasteiger partial charge in [-0.05, 0) is 48.6 Å². The molecule has 0 aliphatic heterocycles. The number of aryl methyl sites for hydroxylation is 1. The van der Waals surface area contributed by atoms with Crippen LogP contribution < -0.4 is 22.3 Å². The fourth-order valence-corrected chi connectivity index (χ4v) is 3.52. The molecule has 0 saturated carbocycles. The van der Waals surface area contributed by atoms with Gasteiger partial charge in [0, 0.05) is 23.5 Å². The van der Waals surface area contributed by atoms with Crippen molar-refractivity contribution in [3.63, 3.8) is 0 Å². The summed E-state index contributed by atoms with van der Waals surface area (Å²) in [7, 11) is 0. The quantitative estimate of drug-likeness (QED) is 0.544. The molecule has 0 radical (unpaired) electrons. The number of H-pyrrole nitrogens is 1. The molecule has 0 aliphatic carbocycles. The standard InChI is InChI=1S/C23H27N5O4/c1-11(2)10-28-20-18(22(31)27-23(28)32)16(9-17(26-20)12(3)4)21(30)25-14-6-7-15(19(24)29)13(5)8-14/h6-9,11-12H,10H2,1-5H3,(H2,24,29)(H,25,30)(H,27,31,32). The molecule has 32 heavy (non-hydrogen) atoms. The fourth-order valence-electron chi connectivity index (χ4n) is 3.52. The molecule has 168 valence electrons. The maximum absolute atomic E-state index is 13.2. The van der Waals surface area contributed by atoms with Crippen molar-refractivity contribution in [2.24, 2.45) is 11.7 Å². The Balaban J connectivity index is 2.19. The Hall–Kier alpha value is -3.75. The summed E-state index contributed by atoms with van der Waals surface area (Å²) in [5.41, 5.74) is 6.42. The Morgan fingerprint density at radius 3 is 2.38 bits per heavy atom. The van der Waals surface area contributed by atoms with Crippen LogP contribution in [0.1, 0.15) is 65.6 Å². The Morgan fingerprint density at radius 1 is 1.12 bits per heavy atom. The minimum absolute atomic E-state index is 0.0371. The highest BCUT2D eigenvalue weighted by molar-refractivity contribution is 6.12. The van der Waals surface area contributed by atoms with E-state index in [2.05, 4.69) is 15.3 Å². The number of nitrogens with zero attached hydrogens (tertiary/aromatic N) is 2. The number of benzene rings is 1. The van der Waals surface area contributed by atoms with Crippen LogP contribution >= 0.6 is 0 Å². The Labute approximate surface area is 184 Å². The summed E-state index contributed by atoms with van der Waals surface area (Å²) in [6.45, 7) is 9.78. The third-order valence-corrected chi connectivity index (χ3v) is 5.10. The Morgan fingerprint density at radius 2 is 1.81 bits per heavy atom. The van der Waals surface area contributed by atoms with Crippen molar-refractivity contribution in [3.05, 3.63) is 67.5 Å². The van der Waals surface area contributed by atoms with Gasteiger partial charge in [0.2, 0.25) is 5.91 Å². The fraction of sp³-hybridized carbons (Fsp3) is 0.348. The molecule has 0 bridgehead atoms. The van der Waals surface area contributed by atoms with Crippen molar-refractivity contribution in [1.82, 2.24) is 14.5 Å². The highest BCUT2D eigenvalue weighted by Gasteiger charge is 2.21. The lowest BCUT2D eigenvalue weighted by molar-refractivity contribution is 0.0997. The lowest BCUT2D eigenvalue weighted by Gasteiger charge is -2.16. The number of nitrogens with two attached hydrogens (primary N) is 1. The molecule has 3 rings (SSSR count). The summed E-state index contributed by atoms with van der Waals surface area (Å²) < 4.78 is 1.40. The van der Waals surface area contributed by atoms with Gasteiger partial charge in [0.1, 0.15) is 0 Å². The SMILES string of the molecule is Cc1cc(NC(=O)c2cc(C(C)C)nc3c2c(=O)[nH]c(=O)n3CC(C)C)ccc1C(N)=O. The lowest BCUT2D eigenvalue weighted by Crippen LogP contribution is -2.33. The number of aromatic amines is 1. The molecular formula is C23H27N5O4. The van der Waals surface area contributed by atoms with Crippen molar-refractivity contribution >= 4 is 28.5 Å². The van der Waals surface area contributed by atoms with Crippen LogP contribution in [0, 0.1) is 12.8 Å². The number of carbonyl (C=O) groups excluding carboxylic acids is 2. The van der Waals surface area contributed by atoms with Gasteiger partial charge in [-0.25, -0.2) is 9.78 Å². The van der Waals surface area contributed by atoms with E-state index in [-0.39, 0.29) is 28.4 Å². The highest BCUT2D eigenvalue weighted by atomic mass is 16.2. The maximum Gasteiger partial charge on any atom is 0.330 e. The highest BCUT2D eigenvalue weighted by Crippen LogP contribution is 2.22. The van der Waals surface area contributed by atoms with E-state index in [0.29, 0.717) is 29.1 Å². The van der Waals surface area contributed by atoms with Crippen molar-refractivity contribution < 1.29 is 9.59 Å². The first-order chi connectivity index (χ1) is 15.0. The van der Waals surface area contributed by atoms with Crippen LogP contribution in [0.2, 0.25) is 0 Å². The van der Waals surface area contributed by atoms with E-state index in [1.165, 1.54) is 10.6 Å². The van der Waals surface area contributed by atoms with E-state index in [1.54, 1.807) is 25.1 Å². The molecule has 4 N–H and O–H groups in total. The second-order valence-corrected chi connectivity index (χ2v) is 8.56. The predicted octanol–water partition coefficient (Wildman–Crippen LogP) is 2.52. The monoisotopic (exact) mass is 437 g/mol. The number of hydrogen-bond donors (Lipinski definition) is 3. The Kier molecular flexibility index (Phi) is 6.29. The molecule has 0 spiro atoms. The van der Waals surface area contributed by atoms with E-state index >= 15 is 0 Å². The number of rotatable bonds is 6. The van der Waals surface area contributed by atoms with Gasteiger partial charge in [0.25, 0.3) is 11.5 Å². The van der Waals surface area contributed by atoms with E-state index in [9.17, 15) is 19.2 Å². The summed E-state index contributed by atoms with van der Waals surface area (Å²) in [5.74, 6) is -0.997. The van der Waals surface area contributed by atoms with E-state index in [4.69, 9.17) is 5.73 Å². The number of nitrogens with one attached hydrogen (secondary N) is 2. The van der Waals surface area contributed by atoms with Gasteiger partial charge in [-0.1, -0.05) is 27.7 Å². The molecule has 2 aromatic heterocycles. The minimum atomic E-state index is -0.668. The zero-order valence-electron chi connectivity index (χ0n) is 18.8. The molecule has 1 aromatic carbocycles. The second-order valence-electron chi connectivity index (χ2n) is 8.56. The van der Waals surface area contributed by atoms with Crippen LogP contribution in [0.5, 0.6) is 0 Å². The summed E-state index contributed by atoms with van der Waals surface area (Å²) in [6, 6.07) is 6.30. The Bertz CT molecular complexity index is 1330. The average Bonchev–Trinajstić information content (AvgIpc) is 2.69. The molecule has 3 aromatic rings. The number of amides is 2. The zero-order valence-corrected chi connectivity index (χ0v) is 18.8. The maximum atomic E-state index is 13.2. The zero-order chi connectivity index (χ0) is 23.7. The average molecular weight is 438 g/mol. The third kappa shape index (κ3) is 4.46. The van der Waals surface area contributed by atoms with Crippen LogP contribution in [-0.2, 0) is 6.54 Å². The lowest BCUT2D eigenvalue weighted by atomic mass is 10.0. The number of aromatic nitrogens is 3. The van der Waals surface area contributed by atoms with Crippen LogP contribution in [0.25, 0.3) is 11.0 Å². The summed E-state index contributed by atoms with van der Waals surface area (Å²) in [5, 5.41) is 2.82. The first kappa shape index (κ1) is 22.9. The molecule has 0 atom stereocenters. The van der Waals surface area contributed by atoms with Crippen LogP contribution in [0.15, 0.2) is 33.9 Å². The summed E-state index contributed by atoms with van der Waals surface area (Å²) >= 11 is 0. The van der Waals surface area contributed by atoms with E-state index in [0.717, 1.165) is 0 Å².